The van der Waals surface area contributed by atoms with Gasteiger partial charge in [-0.05, 0) is 11.6 Å². The Morgan fingerprint density at radius 1 is 1.26 bits per heavy atom. The van der Waals surface area contributed by atoms with Crippen molar-refractivity contribution in [3.63, 3.8) is 0 Å². The van der Waals surface area contributed by atoms with Gasteiger partial charge in [0.1, 0.15) is 0 Å². The topological polar surface area (TPSA) is 42.7 Å². The number of hydrogen-bond donors (Lipinski definition) is 1. The number of hydrogen-bond acceptors (Lipinski definition) is 3. The molecule has 0 aromatic carbocycles. The molecule has 0 saturated carbocycles. The number of nitrogens with one attached hydrogen (secondary N) is 1. The minimum atomic E-state index is -4.37. The smallest absolute Gasteiger partial charge is 0.386 e. The quantitative estimate of drug-likeness (QED) is 0.946. The van der Waals surface area contributed by atoms with Gasteiger partial charge >= 0.3 is 6.18 Å². The van der Waals surface area contributed by atoms with E-state index in [1.807, 2.05) is 0 Å². The summed E-state index contributed by atoms with van der Waals surface area (Å²) in [4.78, 5) is 3.60. The molecule has 0 aliphatic rings. The van der Waals surface area contributed by atoms with Crippen LogP contribution in [0.1, 0.15) is 11.1 Å². The van der Waals surface area contributed by atoms with Gasteiger partial charge in [0.2, 0.25) is 0 Å². The van der Waals surface area contributed by atoms with Crippen molar-refractivity contribution < 1.29 is 13.2 Å². The molecule has 19 heavy (non-hydrogen) atoms. The molecule has 0 spiro atoms. The molecule has 0 aliphatic heterocycles. The van der Waals surface area contributed by atoms with Gasteiger partial charge in [0.05, 0.1) is 24.0 Å². The molecule has 1 N–H and O–H groups in total. The maximum absolute atomic E-state index is 12.5. The summed E-state index contributed by atoms with van der Waals surface area (Å²) in [5.41, 5.74) is 0.506. The fourth-order valence-electron chi connectivity index (χ4n) is 1.50. The summed E-state index contributed by atoms with van der Waals surface area (Å²) in [6, 6.07) is 1.08. The van der Waals surface area contributed by atoms with Gasteiger partial charge in [-0.1, -0.05) is 0 Å². The van der Waals surface area contributed by atoms with Crippen LogP contribution >= 0.6 is 12.4 Å². The molecule has 104 valence electrons. The van der Waals surface area contributed by atoms with Crippen molar-refractivity contribution in [1.29, 1.82) is 0 Å². The lowest BCUT2D eigenvalue weighted by molar-refractivity contribution is -0.137. The van der Waals surface area contributed by atoms with Crippen LogP contribution in [0.4, 0.5) is 18.9 Å². The molecule has 0 aliphatic carbocycles. The summed E-state index contributed by atoms with van der Waals surface area (Å²) in [5.74, 6) is 0. The minimum absolute atomic E-state index is 0. The summed E-state index contributed by atoms with van der Waals surface area (Å²) in [6.07, 6.45) is 1.14. The molecule has 4 nitrogen and oxygen atoms in total. The Bertz CT molecular complexity index is 539. The molecule has 0 amide bonds. The SMILES string of the molecule is CNc1cnn(Cc2cncc(C(F)(F)F)c2)c1.Cl. The third-order valence-corrected chi connectivity index (χ3v) is 2.39. The number of rotatable bonds is 3. The van der Waals surface area contributed by atoms with E-state index in [1.54, 1.807) is 24.1 Å². The highest BCUT2D eigenvalue weighted by Crippen LogP contribution is 2.28. The Morgan fingerprint density at radius 3 is 2.58 bits per heavy atom. The van der Waals surface area contributed by atoms with E-state index in [2.05, 4.69) is 15.4 Å². The van der Waals surface area contributed by atoms with Gasteiger partial charge in [-0.3, -0.25) is 9.67 Å². The average molecular weight is 293 g/mol. The second kappa shape index (κ2) is 5.92. The first-order valence-corrected chi connectivity index (χ1v) is 5.20. The fourth-order valence-corrected chi connectivity index (χ4v) is 1.50. The highest BCUT2D eigenvalue weighted by molar-refractivity contribution is 5.85. The van der Waals surface area contributed by atoms with E-state index in [9.17, 15) is 13.2 Å². The Labute approximate surface area is 114 Å². The van der Waals surface area contributed by atoms with Crippen LogP contribution in [0.25, 0.3) is 0 Å². The van der Waals surface area contributed by atoms with Gasteiger partial charge < -0.3 is 5.32 Å². The zero-order valence-corrected chi connectivity index (χ0v) is 10.8. The number of pyridine rings is 1. The molecule has 0 atom stereocenters. The van der Waals surface area contributed by atoms with Crippen LogP contribution in [0.3, 0.4) is 0 Å². The van der Waals surface area contributed by atoms with Crippen LogP contribution in [-0.2, 0) is 12.7 Å². The van der Waals surface area contributed by atoms with Gasteiger partial charge in [-0.15, -0.1) is 12.4 Å². The molecule has 2 aromatic heterocycles. The normalized spacial score (nSPS) is 10.9. The van der Waals surface area contributed by atoms with E-state index in [-0.39, 0.29) is 19.0 Å². The van der Waals surface area contributed by atoms with Crippen molar-refractivity contribution in [3.05, 3.63) is 42.0 Å². The molecule has 0 unspecified atom stereocenters. The van der Waals surface area contributed by atoms with E-state index >= 15 is 0 Å². The lowest BCUT2D eigenvalue weighted by Crippen LogP contribution is -2.08. The molecule has 2 rings (SSSR count). The lowest BCUT2D eigenvalue weighted by Gasteiger charge is -2.08. The zero-order chi connectivity index (χ0) is 13.2. The fraction of sp³-hybridized carbons (Fsp3) is 0.273. The average Bonchev–Trinajstić information content (AvgIpc) is 2.76. The Kier molecular flexibility index (Phi) is 4.77. The largest absolute Gasteiger partial charge is 0.417 e. The first-order chi connectivity index (χ1) is 8.49. The number of nitrogens with zero attached hydrogens (tertiary/aromatic N) is 3. The van der Waals surface area contributed by atoms with Gasteiger partial charge in [0.15, 0.2) is 0 Å². The lowest BCUT2D eigenvalue weighted by atomic mass is 10.2. The molecule has 0 fully saturated rings. The standard InChI is InChI=1S/C11H11F3N4.ClH/c1-15-10-5-17-18(7-10)6-8-2-9(4-16-3-8)11(12,13)14;/h2-5,7,15H,6H2,1H3;1H. The van der Waals surface area contributed by atoms with Gasteiger partial charge in [-0.2, -0.15) is 18.3 Å². The third kappa shape index (κ3) is 3.85. The highest BCUT2D eigenvalue weighted by atomic mass is 35.5. The van der Waals surface area contributed by atoms with Crippen LogP contribution in [0.15, 0.2) is 30.9 Å². The molecule has 8 heteroatoms. The predicted octanol–water partition coefficient (Wildman–Crippen LogP) is 2.81. The van der Waals surface area contributed by atoms with E-state index < -0.39 is 11.7 Å². The monoisotopic (exact) mass is 292 g/mol. The van der Waals surface area contributed by atoms with Crippen molar-refractivity contribution in [3.8, 4) is 0 Å². The Hall–Kier alpha value is -1.76. The van der Waals surface area contributed by atoms with Crippen molar-refractivity contribution in [2.24, 2.45) is 0 Å². The minimum Gasteiger partial charge on any atom is -0.386 e. The van der Waals surface area contributed by atoms with Crippen molar-refractivity contribution in [2.45, 2.75) is 12.7 Å². The number of halogens is 4. The van der Waals surface area contributed by atoms with E-state index in [0.717, 1.165) is 18.0 Å². The van der Waals surface area contributed by atoms with Gasteiger partial charge in [0, 0.05) is 25.6 Å². The second-order valence-electron chi connectivity index (χ2n) is 3.76. The first-order valence-electron chi connectivity index (χ1n) is 5.20. The van der Waals surface area contributed by atoms with Crippen LogP contribution in [-0.4, -0.2) is 21.8 Å². The van der Waals surface area contributed by atoms with Crippen LogP contribution in [0, 0.1) is 0 Å². The summed E-state index contributed by atoms with van der Waals surface area (Å²) in [7, 11) is 1.74. The molecule has 0 radical (unpaired) electrons. The predicted molar refractivity (Wildman–Crippen MR) is 67.4 cm³/mol. The Balaban J connectivity index is 0.00000180. The molecule has 0 saturated heterocycles. The van der Waals surface area contributed by atoms with Crippen LogP contribution < -0.4 is 5.32 Å². The summed E-state index contributed by atoms with van der Waals surface area (Å²) in [5, 5.41) is 6.91. The second-order valence-corrected chi connectivity index (χ2v) is 3.76. The van der Waals surface area contributed by atoms with Crippen LogP contribution in [0.5, 0.6) is 0 Å². The molecule has 2 aromatic rings. The number of alkyl halides is 3. The van der Waals surface area contributed by atoms with Gasteiger partial charge in [-0.25, -0.2) is 0 Å². The van der Waals surface area contributed by atoms with E-state index in [1.165, 1.54) is 6.20 Å². The van der Waals surface area contributed by atoms with Crippen LogP contribution in [0.2, 0.25) is 0 Å². The highest BCUT2D eigenvalue weighted by Gasteiger charge is 2.30. The summed E-state index contributed by atoms with van der Waals surface area (Å²) in [6.45, 7) is 0.249. The maximum atomic E-state index is 12.5. The molecular formula is C11H12ClF3N4. The Morgan fingerprint density at radius 2 is 2.00 bits per heavy atom. The maximum Gasteiger partial charge on any atom is 0.417 e. The molecular weight excluding hydrogens is 281 g/mol. The third-order valence-electron chi connectivity index (χ3n) is 2.39. The van der Waals surface area contributed by atoms with E-state index in [4.69, 9.17) is 0 Å². The summed E-state index contributed by atoms with van der Waals surface area (Å²) < 4.78 is 39.0. The van der Waals surface area contributed by atoms with Crippen molar-refractivity contribution in [1.82, 2.24) is 14.8 Å². The van der Waals surface area contributed by atoms with Gasteiger partial charge in [0.25, 0.3) is 0 Å². The van der Waals surface area contributed by atoms with Crippen molar-refractivity contribution in [2.75, 3.05) is 12.4 Å². The number of anilines is 1. The zero-order valence-electron chi connectivity index (χ0n) is 9.98. The van der Waals surface area contributed by atoms with E-state index in [0.29, 0.717) is 5.56 Å². The molecule has 2 heterocycles. The molecule has 0 bridgehead atoms. The number of aromatic nitrogens is 3. The summed E-state index contributed by atoms with van der Waals surface area (Å²) >= 11 is 0. The first kappa shape index (κ1) is 15.3. The van der Waals surface area contributed by atoms with Crippen molar-refractivity contribution >= 4 is 18.1 Å².